The van der Waals surface area contributed by atoms with Gasteiger partial charge in [0.05, 0.1) is 23.5 Å². The Balaban J connectivity index is 1.47. The van der Waals surface area contributed by atoms with E-state index in [0.29, 0.717) is 6.42 Å². The van der Waals surface area contributed by atoms with Crippen molar-refractivity contribution in [2.24, 2.45) is 11.8 Å². The van der Waals surface area contributed by atoms with Crippen LogP contribution in [0.5, 0.6) is 0 Å². The summed E-state index contributed by atoms with van der Waals surface area (Å²) >= 11 is 0. The van der Waals surface area contributed by atoms with E-state index in [1.165, 1.54) is 0 Å². The van der Waals surface area contributed by atoms with Crippen molar-refractivity contribution in [1.29, 1.82) is 21.0 Å². The molecule has 3 aromatic heterocycles. The molecule has 3 heterocycles. The fourth-order valence-electron chi connectivity index (χ4n) is 6.11. The lowest BCUT2D eigenvalue weighted by atomic mass is 9.89. The first kappa shape index (κ1) is 26.6. The highest BCUT2D eigenvalue weighted by atomic mass is 16.3. The van der Waals surface area contributed by atoms with Crippen LogP contribution in [0.1, 0.15) is 64.4 Å². The van der Waals surface area contributed by atoms with E-state index in [1.807, 2.05) is 62.4 Å². The minimum absolute atomic E-state index is 0.0566. The number of nitrogens with zero attached hydrogens (tertiary/aromatic N) is 5. The Bertz CT molecular complexity index is 1710. The Morgan fingerprint density at radius 2 is 1.40 bits per heavy atom. The maximum Gasteiger partial charge on any atom is 0.151 e. The van der Waals surface area contributed by atoms with Crippen LogP contribution < -0.4 is 0 Å². The van der Waals surface area contributed by atoms with Crippen molar-refractivity contribution in [1.82, 2.24) is 4.57 Å². The first-order valence-corrected chi connectivity index (χ1v) is 13.6. The van der Waals surface area contributed by atoms with Gasteiger partial charge in [-0.3, -0.25) is 0 Å². The fourth-order valence-corrected chi connectivity index (χ4v) is 6.11. The normalized spacial score (nSPS) is 16.8. The highest BCUT2D eigenvalue weighted by Crippen LogP contribution is 2.44. The zero-order valence-electron chi connectivity index (χ0n) is 22.9. The molecule has 0 fully saturated rings. The molecule has 1 atom stereocenters. The first-order chi connectivity index (χ1) is 19.4. The zero-order valence-corrected chi connectivity index (χ0v) is 22.9. The fraction of sp³-hybridized carbons (Fsp3) is 0.333. The van der Waals surface area contributed by atoms with Gasteiger partial charge in [0, 0.05) is 12.5 Å². The number of nitriles is 4. The molecule has 0 N–H and O–H groups in total. The number of aromatic nitrogens is 1. The van der Waals surface area contributed by atoms with Crippen molar-refractivity contribution >= 4 is 11.1 Å². The highest BCUT2D eigenvalue weighted by Gasteiger charge is 2.32. The molecule has 3 aromatic rings. The summed E-state index contributed by atoms with van der Waals surface area (Å²) in [7, 11) is 0. The van der Waals surface area contributed by atoms with E-state index in [2.05, 4.69) is 23.6 Å². The topological polar surface area (TPSA) is 126 Å². The number of allylic oxidation sites excluding steroid dienone is 6. The summed E-state index contributed by atoms with van der Waals surface area (Å²) in [5.41, 5.74) is 7.00. The van der Waals surface area contributed by atoms with Crippen LogP contribution in [0.3, 0.4) is 0 Å². The standard InChI is InChI=1S/C33H29N5O2/c1-4-15-38-28(32-13-11-30(39-32)26-7-5-24(20(26)2)22(16-34)17-35)9-10-29(38)33-14-12-31(40-33)27-8-6-25(21(27)3)23(18-36)19-37/h9-14,22,24H,4-8,15H2,1-3H3. The summed E-state index contributed by atoms with van der Waals surface area (Å²) in [4.78, 5) is 0. The highest BCUT2D eigenvalue weighted by molar-refractivity contribution is 5.76. The molecular formula is C33H29N5O2. The summed E-state index contributed by atoms with van der Waals surface area (Å²) in [5.74, 6) is 2.36. The molecule has 7 heteroatoms. The summed E-state index contributed by atoms with van der Waals surface area (Å²) < 4.78 is 14.9. The van der Waals surface area contributed by atoms with Gasteiger partial charge in [0.1, 0.15) is 35.1 Å². The van der Waals surface area contributed by atoms with Crippen molar-refractivity contribution in [3.63, 3.8) is 0 Å². The van der Waals surface area contributed by atoms with Gasteiger partial charge in [-0.25, -0.2) is 0 Å². The smallest absolute Gasteiger partial charge is 0.151 e. The summed E-state index contributed by atoms with van der Waals surface area (Å²) in [6.07, 6.45) is 3.89. The Labute approximate surface area is 234 Å². The second kappa shape index (κ2) is 11.0. The van der Waals surface area contributed by atoms with Crippen LogP contribution in [-0.4, -0.2) is 4.57 Å². The SMILES string of the molecule is CCCn1c(-c2ccc(C3=C(C)C(=C(C#N)C#N)CC3)o2)ccc1-c1ccc(C2=C(C)C(C(C#N)C#N)CC2)o1. The maximum absolute atomic E-state index is 9.36. The van der Waals surface area contributed by atoms with Crippen molar-refractivity contribution in [3.8, 4) is 47.2 Å². The van der Waals surface area contributed by atoms with E-state index in [9.17, 15) is 21.0 Å². The van der Waals surface area contributed by atoms with E-state index in [4.69, 9.17) is 8.83 Å². The first-order valence-electron chi connectivity index (χ1n) is 13.6. The van der Waals surface area contributed by atoms with Crippen LogP contribution in [0.15, 0.2) is 67.5 Å². The third kappa shape index (κ3) is 4.47. The molecular weight excluding hydrogens is 498 g/mol. The summed E-state index contributed by atoms with van der Waals surface area (Å²) in [6, 6.07) is 20.3. The van der Waals surface area contributed by atoms with Crippen LogP contribution in [0.25, 0.3) is 34.1 Å². The lowest BCUT2D eigenvalue weighted by Crippen LogP contribution is -2.09. The van der Waals surface area contributed by atoms with Crippen molar-refractivity contribution in [3.05, 3.63) is 70.2 Å². The molecule has 0 saturated heterocycles. The molecule has 0 saturated carbocycles. The van der Waals surface area contributed by atoms with Gasteiger partial charge in [0.2, 0.25) is 0 Å². The average Bonchev–Trinajstić information content (AvgIpc) is 3.78. The molecule has 0 radical (unpaired) electrons. The Kier molecular flexibility index (Phi) is 7.33. The van der Waals surface area contributed by atoms with Crippen LogP contribution in [0.4, 0.5) is 0 Å². The lowest BCUT2D eigenvalue weighted by molar-refractivity contribution is 0.537. The van der Waals surface area contributed by atoms with Crippen molar-refractivity contribution in [2.75, 3.05) is 0 Å². The Morgan fingerprint density at radius 3 is 1.95 bits per heavy atom. The van der Waals surface area contributed by atoms with Crippen LogP contribution in [0.2, 0.25) is 0 Å². The van der Waals surface area contributed by atoms with Crippen molar-refractivity contribution < 1.29 is 8.83 Å². The number of hydrogen-bond donors (Lipinski definition) is 0. The molecule has 0 aliphatic heterocycles. The molecule has 5 rings (SSSR count). The van der Waals surface area contributed by atoms with Gasteiger partial charge in [-0.2, -0.15) is 21.0 Å². The molecule has 40 heavy (non-hydrogen) atoms. The Hall–Kier alpha value is -4.98. The summed E-state index contributed by atoms with van der Waals surface area (Å²) in [5, 5.41) is 37.3. The van der Waals surface area contributed by atoms with Gasteiger partial charge in [-0.05, 0) is 105 Å². The third-order valence-electron chi connectivity index (χ3n) is 8.21. The monoisotopic (exact) mass is 527 g/mol. The van der Waals surface area contributed by atoms with Gasteiger partial charge in [-0.1, -0.05) is 12.5 Å². The molecule has 2 aliphatic carbocycles. The van der Waals surface area contributed by atoms with E-state index in [1.54, 1.807) is 0 Å². The number of furan rings is 2. The largest absolute Gasteiger partial charge is 0.455 e. The van der Waals surface area contributed by atoms with E-state index in [-0.39, 0.29) is 11.5 Å². The van der Waals surface area contributed by atoms with Gasteiger partial charge in [-0.15, -0.1) is 0 Å². The maximum atomic E-state index is 9.36. The van der Waals surface area contributed by atoms with Gasteiger partial charge >= 0.3 is 0 Å². The van der Waals surface area contributed by atoms with E-state index < -0.39 is 5.92 Å². The minimum atomic E-state index is -0.638. The predicted molar refractivity (Wildman–Crippen MR) is 150 cm³/mol. The molecule has 0 spiro atoms. The lowest BCUT2D eigenvalue weighted by Gasteiger charge is -2.11. The molecule has 0 aromatic carbocycles. The van der Waals surface area contributed by atoms with Crippen LogP contribution in [0, 0.1) is 57.2 Å². The second-order valence-electron chi connectivity index (χ2n) is 10.3. The van der Waals surface area contributed by atoms with Crippen molar-refractivity contribution in [2.45, 2.75) is 59.4 Å². The molecule has 0 amide bonds. The van der Waals surface area contributed by atoms with Gasteiger partial charge in [0.25, 0.3) is 0 Å². The predicted octanol–water partition coefficient (Wildman–Crippen LogP) is 8.18. The summed E-state index contributed by atoms with van der Waals surface area (Å²) in [6.45, 7) is 6.86. The van der Waals surface area contributed by atoms with Crippen LogP contribution >= 0.6 is 0 Å². The molecule has 198 valence electrons. The molecule has 0 bridgehead atoms. The quantitative estimate of drug-likeness (QED) is 0.285. The van der Waals surface area contributed by atoms with E-state index in [0.717, 1.165) is 94.5 Å². The molecule has 2 aliphatic rings. The third-order valence-corrected chi connectivity index (χ3v) is 8.21. The molecule has 7 nitrogen and oxygen atoms in total. The number of rotatable bonds is 7. The Morgan fingerprint density at radius 1 is 0.825 bits per heavy atom. The molecule has 1 unspecified atom stereocenters. The minimum Gasteiger partial charge on any atom is -0.455 e. The second-order valence-corrected chi connectivity index (χ2v) is 10.3. The van der Waals surface area contributed by atoms with Crippen LogP contribution in [-0.2, 0) is 6.54 Å². The van der Waals surface area contributed by atoms with Gasteiger partial charge in [0.15, 0.2) is 11.5 Å². The van der Waals surface area contributed by atoms with Gasteiger partial charge < -0.3 is 13.4 Å². The average molecular weight is 528 g/mol. The van der Waals surface area contributed by atoms with E-state index >= 15 is 0 Å². The number of hydrogen-bond acceptors (Lipinski definition) is 6. The zero-order chi connectivity index (χ0) is 28.4.